The van der Waals surface area contributed by atoms with Gasteiger partial charge in [0, 0.05) is 6.54 Å². The summed E-state index contributed by atoms with van der Waals surface area (Å²) in [6.45, 7) is 2.12. The lowest BCUT2D eigenvalue weighted by atomic mass is 10.2. The summed E-state index contributed by atoms with van der Waals surface area (Å²) in [5.74, 6) is -0.311. The predicted molar refractivity (Wildman–Crippen MR) is 63.9 cm³/mol. The Morgan fingerprint density at radius 2 is 2.24 bits per heavy atom. The van der Waals surface area contributed by atoms with E-state index >= 15 is 0 Å². The van der Waals surface area contributed by atoms with Crippen molar-refractivity contribution in [2.45, 2.75) is 38.3 Å². The normalized spacial score (nSPS) is 23.6. The van der Waals surface area contributed by atoms with E-state index in [9.17, 15) is 13.2 Å². The molecule has 17 heavy (non-hydrogen) atoms. The number of aliphatic hydroxyl groups is 1. The summed E-state index contributed by atoms with van der Waals surface area (Å²) in [6.07, 6.45) is 2.97. The first kappa shape index (κ1) is 14.4. The Hall–Kier alpha value is -0.660. The molecule has 0 spiro atoms. The van der Waals surface area contributed by atoms with Crippen molar-refractivity contribution in [2.24, 2.45) is 0 Å². The van der Waals surface area contributed by atoms with E-state index < -0.39 is 16.1 Å². The summed E-state index contributed by atoms with van der Waals surface area (Å²) in [4.78, 5) is 11.9. The molecule has 1 amide bonds. The number of aliphatic hydroxyl groups excluding tert-OH is 1. The number of sulfonamides is 1. The Bertz CT molecular complexity index is 365. The highest BCUT2D eigenvalue weighted by Crippen LogP contribution is 2.20. The third-order valence-electron chi connectivity index (χ3n) is 2.99. The molecule has 1 aliphatic rings. The van der Waals surface area contributed by atoms with Gasteiger partial charge in [0.1, 0.15) is 6.04 Å². The van der Waals surface area contributed by atoms with Crippen LogP contribution in [0.1, 0.15) is 26.2 Å². The van der Waals surface area contributed by atoms with Gasteiger partial charge < -0.3 is 10.4 Å². The number of rotatable bonds is 5. The van der Waals surface area contributed by atoms with Gasteiger partial charge in [0.05, 0.1) is 18.9 Å². The second-order valence-electron chi connectivity index (χ2n) is 4.33. The topological polar surface area (TPSA) is 86.7 Å². The molecule has 1 aliphatic heterocycles. The van der Waals surface area contributed by atoms with Crippen molar-refractivity contribution in [2.75, 3.05) is 19.4 Å². The third kappa shape index (κ3) is 3.65. The fraction of sp³-hybridized carbons (Fsp3) is 0.900. The molecule has 6 nitrogen and oxygen atoms in total. The van der Waals surface area contributed by atoms with Crippen LogP contribution < -0.4 is 5.32 Å². The lowest BCUT2D eigenvalue weighted by Gasteiger charge is -2.23. The third-order valence-corrected chi connectivity index (χ3v) is 4.28. The molecular weight excluding hydrogens is 244 g/mol. The minimum Gasteiger partial charge on any atom is -0.394 e. The highest BCUT2D eigenvalue weighted by atomic mass is 32.2. The van der Waals surface area contributed by atoms with Crippen LogP contribution in [-0.2, 0) is 14.8 Å². The van der Waals surface area contributed by atoms with Crippen LogP contribution in [0.5, 0.6) is 0 Å². The van der Waals surface area contributed by atoms with Crippen molar-refractivity contribution in [3.63, 3.8) is 0 Å². The average Bonchev–Trinajstić information content (AvgIpc) is 2.73. The van der Waals surface area contributed by atoms with Gasteiger partial charge in [-0.05, 0) is 19.3 Å². The van der Waals surface area contributed by atoms with Gasteiger partial charge in [0.15, 0.2) is 0 Å². The maximum absolute atomic E-state index is 11.9. The maximum Gasteiger partial charge on any atom is 0.238 e. The molecule has 0 bridgehead atoms. The Morgan fingerprint density at radius 1 is 1.59 bits per heavy atom. The Kier molecular flexibility index (Phi) is 4.91. The maximum atomic E-state index is 11.9. The van der Waals surface area contributed by atoms with Crippen LogP contribution in [-0.4, -0.2) is 55.2 Å². The van der Waals surface area contributed by atoms with Gasteiger partial charge in [-0.3, -0.25) is 4.79 Å². The summed E-state index contributed by atoms with van der Waals surface area (Å²) in [5, 5.41) is 11.7. The van der Waals surface area contributed by atoms with E-state index in [1.165, 1.54) is 4.31 Å². The lowest BCUT2D eigenvalue weighted by Crippen LogP contribution is -2.49. The number of carbonyl (C=O) groups excluding carboxylic acids is 1. The number of nitrogens with zero attached hydrogens (tertiary/aromatic N) is 1. The predicted octanol–water partition coefficient (Wildman–Crippen LogP) is -0.702. The van der Waals surface area contributed by atoms with Gasteiger partial charge in [-0.1, -0.05) is 6.92 Å². The Morgan fingerprint density at radius 3 is 2.71 bits per heavy atom. The molecule has 0 radical (unpaired) electrons. The summed E-state index contributed by atoms with van der Waals surface area (Å²) < 4.78 is 24.2. The first-order chi connectivity index (χ1) is 7.90. The minimum atomic E-state index is -3.34. The molecule has 0 aromatic heterocycles. The second-order valence-corrected chi connectivity index (χ2v) is 6.26. The number of hydrogen-bond donors (Lipinski definition) is 2. The largest absolute Gasteiger partial charge is 0.394 e. The van der Waals surface area contributed by atoms with E-state index in [0.29, 0.717) is 25.8 Å². The molecule has 1 fully saturated rings. The first-order valence-electron chi connectivity index (χ1n) is 5.78. The lowest BCUT2D eigenvalue weighted by molar-refractivity contribution is -0.125. The van der Waals surface area contributed by atoms with E-state index in [1.54, 1.807) is 0 Å². The van der Waals surface area contributed by atoms with E-state index in [1.807, 2.05) is 6.92 Å². The van der Waals surface area contributed by atoms with Crippen molar-refractivity contribution in [1.82, 2.24) is 9.62 Å². The van der Waals surface area contributed by atoms with Crippen LogP contribution in [0.4, 0.5) is 0 Å². The van der Waals surface area contributed by atoms with Crippen molar-refractivity contribution >= 4 is 15.9 Å². The van der Waals surface area contributed by atoms with Crippen LogP contribution >= 0.6 is 0 Å². The van der Waals surface area contributed by atoms with E-state index in [0.717, 1.165) is 6.26 Å². The van der Waals surface area contributed by atoms with E-state index in [2.05, 4.69) is 5.32 Å². The van der Waals surface area contributed by atoms with Crippen LogP contribution in [0, 0.1) is 0 Å². The van der Waals surface area contributed by atoms with Crippen molar-refractivity contribution in [1.29, 1.82) is 0 Å². The Balaban J connectivity index is 2.69. The average molecular weight is 264 g/mol. The molecule has 1 unspecified atom stereocenters. The van der Waals surface area contributed by atoms with Crippen molar-refractivity contribution in [3.8, 4) is 0 Å². The molecule has 100 valence electrons. The number of amides is 1. The zero-order valence-electron chi connectivity index (χ0n) is 10.2. The number of carbonyl (C=O) groups is 1. The monoisotopic (exact) mass is 264 g/mol. The highest BCUT2D eigenvalue weighted by molar-refractivity contribution is 7.88. The molecule has 1 saturated heterocycles. The van der Waals surface area contributed by atoms with Gasteiger partial charge >= 0.3 is 0 Å². The number of nitrogens with one attached hydrogen (secondary N) is 1. The summed E-state index contributed by atoms with van der Waals surface area (Å²) in [7, 11) is -3.34. The Labute approximate surface area is 102 Å². The van der Waals surface area contributed by atoms with Gasteiger partial charge in [0.2, 0.25) is 15.9 Å². The van der Waals surface area contributed by atoms with Crippen molar-refractivity contribution in [3.05, 3.63) is 0 Å². The van der Waals surface area contributed by atoms with E-state index in [4.69, 9.17) is 5.11 Å². The quantitative estimate of drug-likeness (QED) is 0.687. The summed E-state index contributed by atoms with van der Waals surface area (Å²) >= 11 is 0. The van der Waals surface area contributed by atoms with Gasteiger partial charge in [-0.15, -0.1) is 0 Å². The van der Waals surface area contributed by atoms with Gasteiger partial charge in [-0.2, -0.15) is 4.31 Å². The van der Waals surface area contributed by atoms with Crippen molar-refractivity contribution < 1.29 is 18.3 Å². The second kappa shape index (κ2) is 5.79. The zero-order valence-corrected chi connectivity index (χ0v) is 11.0. The molecule has 2 N–H and O–H groups in total. The standard InChI is InChI=1S/C10H20N2O4S/c1-3-8(7-13)11-10(14)9-5-4-6-12(9)17(2,15)16/h8-9,13H,3-7H2,1-2H3,(H,11,14)/t8-,9?/m0/s1. The fourth-order valence-corrected chi connectivity index (χ4v) is 3.10. The molecule has 1 heterocycles. The summed E-state index contributed by atoms with van der Waals surface area (Å²) in [6, 6.07) is -0.921. The van der Waals surface area contributed by atoms with Crippen LogP contribution in [0.25, 0.3) is 0 Å². The van der Waals surface area contributed by atoms with Crippen LogP contribution in [0.15, 0.2) is 0 Å². The van der Waals surface area contributed by atoms with Gasteiger partial charge in [-0.25, -0.2) is 8.42 Å². The molecular formula is C10H20N2O4S. The fourth-order valence-electron chi connectivity index (χ4n) is 1.97. The number of hydrogen-bond acceptors (Lipinski definition) is 4. The molecule has 0 saturated carbocycles. The molecule has 2 atom stereocenters. The first-order valence-corrected chi connectivity index (χ1v) is 7.63. The van der Waals surface area contributed by atoms with Crippen LogP contribution in [0.3, 0.4) is 0 Å². The SMILES string of the molecule is CC[C@@H](CO)NC(=O)C1CCCN1S(C)(=O)=O. The molecule has 0 aromatic rings. The molecule has 0 aromatic carbocycles. The highest BCUT2D eigenvalue weighted by Gasteiger charge is 2.36. The molecule has 0 aliphatic carbocycles. The van der Waals surface area contributed by atoms with E-state index in [-0.39, 0.29) is 18.6 Å². The molecule has 1 rings (SSSR count). The van der Waals surface area contributed by atoms with Crippen LogP contribution in [0.2, 0.25) is 0 Å². The van der Waals surface area contributed by atoms with Gasteiger partial charge in [0.25, 0.3) is 0 Å². The minimum absolute atomic E-state index is 0.131. The summed E-state index contributed by atoms with van der Waals surface area (Å²) in [5.41, 5.74) is 0. The zero-order chi connectivity index (χ0) is 13.1. The molecule has 7 heteroatoms. The smallest absolute Gasteiger partial charge is 0.238 e.